The van der Waals surface area contributed by atoms with Crippen LogP contribution in [-0.2, 0) is 12.8 Å². The van der Waals surface area contributed by atoms with E-state index in [-0.39, 0.29) is 11.5 Å². The van der Waals surface area contributed by atoms with Crippen molar-refractivity contribution in [3.8, 4) is 22.6 Å². The van der Waals surface area contributed by atoms with Crippen LogP contribution >= 0.6 is 0 Å². The number of phenols is 2. The summed E-state index contributed by atoms with van der Waals surface area (Å²) in [6.45, 7) is 4.39. The van der Waals surface area contributed by atoms with Crippen LogP contribution in [0, 0.1) is 0 Å². The van der Waals surface area contributed by atoms with Gasteiger partial charge < -0.3 is 10.2 Å². The maximum Gasteiger partial charge on any atom is 0.131 e. The van der Waals surface area contributed by atoms with Crippen LogP contribution in [0.25, 0.3) is 32.7 Å². The molecule has 0 saturated carbocycles. The van der Waals surface area contributed by atoms with E-state index in [9.17, 15) is 10.2 Å². The molecule has 0 fully saturated rings. The summed E-state index contributed by atoms with van der Waals surface area (Å²) in [4.78, 5) is 0. The second kappa shape index (κ2) is 8.79. The van der Waals surface area contributed by atoms with Crippen LogP contribution in [0.5, 0.6) is 11.5 Å². The zero-order chi connectivity index (χ0) is 21.1. The molecule has 0 unspecified atom stereocenters. The number of rotatable bonds is 7. The molecule has 0 amide bonds. The monoisotopic (exact) mass is 398 g/mol. The second-order valence-corrected chi connectivity index (χ2v) is 8.16. The number of aryl methyl sites for hydroxylation is 2. The Morgan fingerprint density at radius 3 is 1.30 bits per heavy atom. The molecule has 30 heavy (non-hydrogen) atoms. The first-order valence-corrected chi connectivity index (χ1v) is 11.1. The summed E-state index contributed by atoms with van der Waals surface area (Å²) in [7, 11) is 0. The first-order chi connectivity index (χ1) is 14.7. The van der Waals surface area contributed by atoms with E-state index in [1.807, 2.05) is 36.4 Å². The highest BCUT2D eigenvalue weighted by atomic mass is 16.3. The quantitative estimate of drug-likeness (QED) is 0.334. The standard InChI is InChI=1S/C28H30O2/c1-3-5-11-19-17-25(27(29)23-15-9-7-13-21(19)23)26-18-20(12-6-4-2)22-14-8-10-16-24(22)28(26)30/h7-10,13-18,29-30H,3-6,11-12H2,1-2H3. The van der Waals surface area contributed by atoms with Gasteiger partial charge in [-0.05, 0) is 59.7 Å². The molecule has 2 nitrogen and oxygen atoms in total. The molecule has 0 bridgehead atoms. The van der Waals surface area contributed by atoms with Crippen molar-refractivity contribution in [1.29, 1.82) is 0 Å². The smallest absolute Gasteiger partial charge is 0.131 e. The minimum atomic E-state index is 0.248. The lowest BCUT2D eigenvalue weighted by Gasteiger charge is -2.17. The largest absolute Gasteiger partial charge is 0.507 e. The lowest BCUT2D eigenvalue weighted by molar-refractivity contribution is 0.475. The van der Waals surface area contributed by atoms with Crippen LogP contribution in [0.3, 0.4) is 0 Å². The number of aromatic hydroxyl groups is 2. The van der Waals surface area contributed by atoms with Crippen LogP contribution in [0.15, 0.2) is 60.7 Å². The first-order valence-electron chi connectivity index (χ1n) is 11.1. The van der Waals surface area contributed by atoms with Gasteiger partial charge in [0.25, 0.3) is 0 Å². The Kier molecular flexibility index (Phi) is 5.94. The van der Waals surface area contributed by atoms with Crippen LogP contribution in [0.4, 0.5) is 0 Å². The first kappa shape index (κ1) is 20.3. The minimum absolute atomic E-state index is 0.248. The summed E-state index contributed by atoms with van der Waals surface area (Å²) >= 11 is 0. The molecule has 0 aliphatic rings. The van der Waals surface area contributed by atoms with Gasteiger partial charge in [-0.1, -0.05) is 75.2 Å². The number of hydrogen-bond donors (Lipinski definition) is 2. The van der Waals surface area contributed by atoms with E-state index >= 15 is 0 Å². The van der Waals surface area contributed by atoms with Gasteiger partial charge in [-0.25, -0.2) is 0 Å². The number of phenolic OH excluding ortho intramolecular Hbond substituents is 2. The second-order valence-electron chi connectivity index (χ2n) is 8.16. The molecule has 2 N–H and O–H groups in total. The molecule has 4 rings (SSSR count). The minimum Gasteiger partial charge on any atom is -0.507 e. The predicted octanol–water partition coefficient (Wildman–Crippen LogP) is 7.76. The van der Waals surface area contributed by atoms with Gasteiger partial charge >= 0.3 is 0 Å². The topological polar surface area (TPSA) is 40.5 Å². The molecule has 0 heterocycles. The number of fused-ring (bicyclic) bond motifs is 2. The fraction of sp³-hybridized carbons (Fsp3) is 0.286. The van der Waals surface area contributed by atoms with Gasteiger partial charge in [-0.3, -0.25) is 0 Å². The van der Waals surface area contributed by atoms with Gasteiger partial charge in [0.1, 0.15) is 11.5 Å². The fourth-order valence-corrected chi connectivity index (χ4v) is 4.43. The molecule has 2 heteroatoms. The van der Waals surface area contributed by atoms with E-state index in [2.05, 4.69) is 38.1 Å². The van der Waals surface area contributed by atoms with Gasteiger partial charge in [-0.2, -0.15) is 0 Å². The number of benzene rings is 4. The van der Waals surface area contributed by atoms with Crippen molar-refractivity contribution in [1.82, 2.24) is 0 Å². The molecule has 4 aromatic carbocycles. The Bertz CT molecular complexity index is 1100. The fourth-order valence-electron chi connectivity index (χ4n) is 4.43. The summed E-state index contributed by atoms with van der Waals surface area (Å²) in [6, 6.07) is 20.2. The Morgan fingerprint density at radius 2 is 0.933 bits per heavy atom. The van der Waals surface area contributed by atoms with E-state index in [4.69, 9.17) is 0 Å². The summed E-state index contributed by atoms with van der Waals surface area (Å²) in [5, 5.41) is 26.3. The van der Waals surface area contributed by atoms with E-state index in [1.165, 1.54) is 11.1 Å². The van der Waals surface area contributed by atoms with Crippen molar-refractivity contribution in [3.63, 3.8) is 0 Å². The number of unbranched alkanes of at least 4 members (excludes halogenated alkanes) is 2. The van der Waals surface area contributed by atoms with Crippen LogP contribution in [0.2, 0.25) is 0 Å². The van der Waals surface area contributed by atoms with Gasteiger partial charge in [0.2, 0.25) is 0 Å². The highest BCUT2D eigenvalue weighted by molar-refractivity contribution is 6.02. The molecular formula is C28H30O2. The molecule has 0 atom stereocenters. The molecule has 0 radical (unpaired) electrons. The Balaban J connectivity index is 2.00. The Labute approximate surface area is 178 Å². The van der Waals surface area contributed by atoms with Gasteiger partial charge in [0, 0.05) is 21.9 Å². The number of hydrogen-bond acceptors (Lipinski definition) is 2. The van der Waals surface area contributed by atoms with Crippen molar-refractivity contribution in [2.24, 2.45) is 0 Å². The molecule has 0 saturated heterocycles. The lowest BCUT2D eigenvalue weighted by Crippen LogP contribution is -1.94. The summed E-state index contributed by atoms with van der Waals surface area (Å²) < 4.78 is 0. The lowest BCUT2D eigenvalue weighted by atomic mass is 9.89. The Hall–Kier alpha value is -3.00. The average Bonchev–Trinajstić information content (AvgIpc) is 2.79. The van der Waals surface area contributed by atoms with E-state index in [1.54, 1.807) is 0 Å². The van der Waals surface area contributed by atoms with Crippen LogP contribution < -0.4 is 0 Å². The normalized spacial score (nSPS) is 11.4. The zero-order valence-corrected chi connectivity index (χ0v) is 17.9. The van der Waals surface area contributed by atoms with Crippen molar-refractivity contribution in [2.45, 2.75) is 52.4 Å². The highest BCUT2D eigenvalue weighted by Crippen LogP contribution is 2.45. The van der Waals surface area contributed by atoms with Gasteiger partial charge in [-0.15, -0.1) is 0 Å². The van der Waals surface area contributed by atoms with Gasteiger partial charge in [0.15, 0.2) is 0 Å². The molecule has 0 aliphatic carbocycles. The third kappa shape index (κ3) is 3.63. The maximum absolute atomic E-state index is 11.2. The molecule has 0 aromatic heterocycles. The highest BCUT2D eigenvalue weighted by Gasteiger charge is 2.18. The van der Waals surface area contributed by atoms with E-state index in [0.717, 1.165) is 71.2 Å². The average molecular weight is 399 g/mol. The maximum atomic E-state index is 11.2. The SMILES string of the molecule is CCCCc1cc(-c2cc(CCCC)c3ccccc3c2O)c(O)c2ccccc12. The van der Waals surface area contributed by atoms with E-state index in [0.29, 0.717) is 0 Å². The molecule has 4 aromatic rings. The molecular weight excluding hydrogens is 368 g/mol. The zero-order valence-electron chi connectivity index (χ0n) is 17.9. The summed E-state index contributed by atoms with van der Waals surface area (Å²) in [5.41, 5.74) is 3.90. The van der Waals surface area contributed by atoms with E-state index < -0.39 is 0 Å². The van der Waals surface area contributed by atoms with Crippen molar-refractivity contribution < 1.29 is 10.2 Å². The molecule has 154 valence electrons. The Morgan fingerprint density at radius 1 is 0.567 bits per heavy atom. The third-order valence-corrected chi connectivity index (χ3v) is 6.09. The van der Waals surface area contributed by atoms with Crippen LogP contribution in [0.1, 0.15) is 50.7 Å². The van der Waals surface area contributed by atoms with Crippen LogP contribution in [-0.4, -0.2) is 10.2 Å². The van der Waals surface area contributed by atoms with Gasteiger partial charge in [0.05, 0.1) is 0 Å². The third-order valence-electron chi connectivity index (χ3n) is 6.09. The predicted molar refractivity (Wildman–Crippen MR) is 127 cm³/mol. The van der Waals surface area contributed by atoms with Crippen molar-refractivity contribution in [2.75, 3.05) is 0 Å². The summed E-state index contributed by atoms with van der Waals surface area (Å²) in [6.07, 6.45) is 6.35. The molecule has 0 aliphatic heterocycles. The van der Waals surface area contributed by atoms with Crippen molar-refractivity contribution in [3.05, 3.63) is 71.8 Å². The van der Waals surface area contributed by atoms with Crippen molar-refractivity contribution >= 4 is 21.5 Å². The molecule has 0 spiro atoms. The summed E-state index contributed by atoms with van der Waals surface area (Å²) in [5.74, 6) is 0.496.